The van der Waals surface area contributed by atoms with Crippen molar-refractivity contribution >= 4 is 45.6 Å². The van der Waals surface area contributed by atoms with Crippen molar-refractivity contribution in [1.29, 1.82) is 0 Å². The first-order valence-corrected chi connectivity index (χ1v) is 11.7. The Labute approximate surface area is 202 Å². The van der Waals surface area contributed by atoms with E-state index in [1.54, 1.807) is 35.7 Å². The van der Waals surface area contributed by atoms with E-state index in [-0.39, 0.29) is 17.9 Å². The van der Waals surface area contributed by atoms with E-state index in [1.807, 2.05) is 24.6 Å². The number of ether oxygens (including phenoxy) is 1. The third-order valence-corrected chi connectivity index (χ3v) is 6.35. The van der Waals surface area contributed by atoms with Crippen LogP contribution in [0.4, 0.5) is 11.4 Å². The highest BCUT2D eigenvalue weighted by molar-refractivity contribution is 7.12. The molecule has 9 heteroatoms. The molecule has 3 aromatic heterocycles. The van der Waals surface area contributed by atoms with Crippen LogP contribution in [-0.2, 0) is 4.79 Å². The van der Waals surface area contributed by atoms with Gasteiger partial charge in [0.2, 0.25) is 5.91 Å². The number of hydrogen-bond donors (Lipinski definition) is 2. The SMILES string of the molecule is COc1ccc(NC(C)=O)cc1NC(=O)c1cc(-c2cc(C)sc2C)nc2c1cnn2C(C)C. The van der Waals surface area contributed by atoms with Gasteiger partial charge >= 0.3 is 0 Å². The lowest BCUT2D eigenvalue weighted by molar-refractivity contribution is -0.114. The van der Waals surface area contributed by atoms with Gasteiger partial charge in [-0.3, -0.25) is 9.59 Å². The number of benzene rings is 1. The number of nitrogens with zero attached hydrogens (tertiary/aromatic N) is 3. The summed E-state index contributed by atoms with van der Waals surface area (Å²) in [5.74, 6) is -0.0413. The maximum Gasteiger partial charge on any atom is 0.256 e. The fourth-order valence-corrected chi connectivity index (χ4v) is 4.82. The maximum absolute atomic E-state index is 13.6. The van der Waals surface area contributed by atoms with Crippen LogP contribution in [0.1, 0.15) is 46.9 Å². The average Bonchev–Trinajstić information content (AvgIpc) is 3.35. The van der Waals surface area contributed by atoms with Gasteiger partial charge in [0.05, 0.1) is 35.6 Å². The molecule has 4 rings (SSSR count). The largest absolute Gasteiger partial charge is 0.495 e. The van der Waals surface area contributed by atoms with Crippen molar-refractivity contribution in [2.45, 2.75) is 40.7 Å². The second-order valence-electron chi connectivity index (χ2n) is 8.35. The average molecular weight is 478 g/mol. The van der Waals surface area contributed by atoms with Crippen LogP contribution in [0, 0.1) is 13.8 Å². The van der Waals surface area contributed by atoms with Gasteiger partial charge in [-0.2, -0.15) is 5.10 Å². The number of fused-ring (bicyclic) bond motifs is 1. The number of aryl methyl sites for hydroxylation is 2. The molecule has 8 nitrogen and oxygen atoms in total. The number of aromatic nitrogens is 3. The van der Waals surface area contributed by atoms with Gasteiger partial charge in [0, 0.05) is 34.0 Å². The van der Waals surface area contributed by atoms with E-state index < -0.39 is 0 Å². The second kappa shape index (κ2) is 9.26. The zero-order valence-electron chi connectivity index (χ0n) is 20.0. The van der Waals surface area contributed by atoms with Crippen molar-refractivity contribution in [1.82, 2.24) is 14.8 Å². The smallest absolute Gasteiger partial charge is 0.256 e. The van der Waals surface area contributed by atoms with Crippen molar-refractivity contribution in [3.05, 3.63) is 51.8 Å². The van der Waals surface area contributed by atoms with Gasteiger partial charge in [-0.1, -0.05) is 0 Å². The highest BCUT2D eigenvalue weighted by Crippen LogP contribution is 2.34. The monoisotopic (exact) mass is 477 g/mol. The molecule has 176 valence electrons. The maximum atomic E-state index is 13.6. The van der Waals surface area contributed by atoms with Crippen molar-refractivity contribution in [3.63, 3.8) is 0 Å². The number of methoxy groups -OCH3 is 1. The standard InChI is InChI=1S/C25H27N5O3S/c1-13(2)30-24-20(12-26-30)19(11-21(28-24)18-9-14(3)34-15(18)4)25(32)29-22-10-17(27-16(5)31)7-8-23(22)33-6/h7-13H,1-6H3,(H,27,31)(H,29,32). The normalized spacial score (nSPS) is 11.1. The molecule has 0 saturated heterocycles. The molecule has 0 radical (unpaired) electrons. The minimum absolute atomic E-state index is 0.0795. The fourth-order valence-electron chi connectivity index (χ4n) is 3.88. The number of nitrogens with one attached hydrogen (secondary N) is 2. The molecule has 4 aromatic rings. The summed E-state index contributed by atoms with van der Waals surface area (Å²) in [4.78, 5) is 32.2. The third kappa shape index (κ3) is 4.51. The highest BCUT2D eigenvalue weighted by Gasteiger charge is 2.21. The molecule has 2 N–H and O–H groups in total. The third-order valence-electron chi connectivity index (χ3n) is 5.39. The Bertz CT molecular complexity index is 1400. The number of pyridine rings is 1. The lowest BCUT2D eigenvalue weighted by Crippen LogP contribution is -2.15. The topological polar surface area (TPSA) is 98.1 Å². The number of carbonyl (C=O) groups excluding carboxylic acids is 2. The van der Waals surface area contributed by atoms with E-state index in [2.05, 4.69) is 35.6 Å². The van der Waals surface area contributed by atoms with Crippen LogP contribution in [0.3, 0.4) is 0 Å². The molecule has 0 saturated carbocycles. The summed E-state index contributed by atoms with van der Waals surface area (Å²) in [7, 11) is 1.53. The minimum Gasteiger partial charge on any atom is -0.495 e. The van der Waals surface area contributed by atoms with Crippen molar-refractivity contribution in [2.75, 3.05) is 17.7 Å². The van der Waals surface area contributed by atoms with Gasteiger partial charge in [0.15, 0.2) is 5.65 Å². The quantitative estimate of drug-likeness (QED) is 0.378. The number of carbonyl (C=O) groups is 2. The van der Waals surface area contributed by atoms with Crippen LogP contribution in [0.2, 0.25) is 0 Å². The summed E-state index contributed by atoms with van der Waals surface area (Å²) in [5.41, 5.74) is 3.84. The Kier molecular flexibility index (Phi) is 6.39. The molecule has 0 fully saturated rings. The molecule has 34 heavy (non-hydrogen) atoms. The number of anilines is 2. The van der Waals surface area contributed by atoms with Crippen molar-refractivity contribution in [3.8, 4) is 17.0 Å². The summed E-state index contributed by atoms with van der Waals surface area (Å²) < 4.78 is 7.24. The van der Waals surface area contributed by atoms with Gasteiger partial charge < -0.3 is 15.4 Å². The van der Waals surface area contributed by atoms with Crippen LogP contribution in [-0.4, -0.2) is 33.7 Å². The Hall–Kier alpha value is -3.72. The zero-order chi connectivity index (χ0) is 24.6. The summed E-state index contributed by atoms with van der Waals surface area (Å²) >= 11 is 1.70. The number of amides is 2. The van der Waals surface area contributed by atoms with Gasteiger partial charge in [0.25, 0.3) is 5.91 Å². The first-order valence-electron chi connectivity index (χ1n) is 10.9. The highest BCUT2D eigenvalue weighted by atomic mass is 32.1. The molecule has 0 atom stereocenters. The van der Waals surface area contributed by atoms with Crippen LogP contribution >= 0.6 is 11.3 Å². The summed E-state index contributed by atoms with van der Waals surface area (Å²) in [6, 6.07) is 9.06. The molecule has 0 spiro atoms. The summed E-state index contributed by atoms with van der Waals surface area (Å²) in [5, 5.41) is 10.8. The fraction of sp³-hybridized carbons (Fsp3) is 0.280. The van der Waals surface area contributed by atoms with E-state index in [9.17, 15) is 9.59 Å². The number of hydrogen-bond acceptors (Lipinski definition) is 6. The van der Waals surface area contributed by atoms with Crippen LogP contribution < -0.4 is 15.4 Å². The molecule has 0 aliphatic rings. The lowest BCUT2D eigenvalue weighted by Gasteiger charge is -2.14. The van der Waals surface area contributed by atoms with Crippen molar-refractivity contribution < 1.29 is 14.3 Å². The minimum atomic E-state index is -0.320. The van der Waals surface area contributed by atoms with E-state index in [4.69, 9.17) is 9.72 Å². The Morgan fingerprint density at radius 2 is 1.88 bits per heavy atom. The first-order chi connectivity index (χ1) is 16.2. The second-order valence-corrected chi connectivity index (χ2v) is 9.81. The molecular weight excluding hydrogens is 450 g/mol. The molecule has 0 aliphatic carbocycles. The zero-order valence-corrected chi connectivity index (χ0v) is 20.8. The first kappa shape index (κ1) is 23.4. The predicted octanol–water partition coefficient (Wildman–Crippen LogP) is 5.58. The Balaban J connectivity index is 1.83. The molecule has 0 unspecified atom stereocenters. The van der Waals surface area contributed by atoms with Crippen LogP contribution in [0.15, 0.2) is 36.5 Å². The number of rotatable bonds is 6. The molecule has 0 bridgehead atoms. The lowest BCUT2D eigenvalue weighted by atomic mass is 10.1. The molecule has 2 amide bonds. The Morgan fingerprint density at radius 1 is 1.12 bits per heavy atom. The molecule has 3 heterocycles. The van der Waals surface area contributed by atoms with Gasteiger partial charge in [-0.15, -0.1) is 11.3 Å². The van der Waals surface area contributed by atoms with Gasteiger partial charge in [-0.05, 0) is 58.0 Å². The molecule has 0 aliphatic heterocycles. The van der Waals surface area contributed by atoms with E-state index in [1.165, 1.54) is 18.9 Å². The van der Waals surface area contributed by atoms with Crippen molar-refractivity contribution in [2.24, 2.45) is 0 Å². The predicted molar refractivity (Wildman–Crippen MR) is 136 cm³/mol. The molecular formula is C25H27N5O3S. The van der Waals surface area contributed by atoms with Gasteiger partial charge in [0.1, 0.15) is 5.75 Å². The van der Waals surface area contributed by atoms with Gasteiger partial charge in [-0.25, -0.2) is 9.67 Å². The van der Waals surface area contributed by atoms with Crippen LogP contribution in [0.5, 0.6) is 5.75 Å². The van der Waals surface area contributed by atoms with E-state index in [0.717, 1.165) is 16.1 Å². The van der Waals surface area contributed by atoms with Crippen LogP contribution in [0.25, 0.3) is 22.3 Å². The summed E-state index contributed by atoms with van der Waals surface area (Å²) in [6.45, 7) is 9.59. The number of thiophene rings is 1. The summed E-state index contributed by atoms with van der Waals surface area (Å²) in [6.07, 6.45) is 1.68. The van der Waals surface area contributed by atoms with E-state index >= 15 is 0 Å². The van der Waals surface area contributed by atoms with E-state index in [0.29, 0.717) is 33.7 Å². The Morgan fingerprint density at radius 3 is 2.50 bits per heavy atom. The molecule has 1 aromatic carbocycles.